The molecule has 1 atom stereocenters. The second-order valence-corrected chi connectivity index (χ2v) is 4.45. The molecule has 0 bridgehead atoms. The van der Waals surface area contributed by atoms with E-state index in [-0.39, 0.29) is 6.04 Å². The first-order valence-electron chi connectivity index (χ1n) is 6.20. The standard InChI is InChI=1S/C13H15F3N4/c1-3-17-12(11-7-18-20-19-11)10-5-4-9(6-8(10)2)13(14,15)16/h4-7,12,17H,3H2,1-2H3,(H,18,19,20). The number of rotatable bonds is 4. The third-order valence-corrected chi connectivity index (χ3v) is 3.05. The summed E-state index contributed by atoms with van der Waals surface area (Å²) in [5.41, 5.74) is 1.33. The Bertz CT molecular complexity index is 563. The van der Waals surface area contributed by atoms with Gasteiger partial charge in [0.1, 0.15) is 5.69 Å². The van der Waals surface area contributed by atoms with Crippen LogP contribution in [-0.4, -0.2) is 22.0 Å². The zero-order valence-electron chi connectivity index (χ0n) is 11.1. The average Bonchev–Trinajstić information content (AvgIpc) is 2.89. The van der Waals surface area contributed by atoms with E-state index in [4.69, 9.17) is 0 Å². The molecule has 4 nitrogen and oxygen atoms in total. The number of nitrogens with zero attached hydrogens (tertiary/aromatic N) is 2. The van der Waals surface area contributed by atoms with Crippen molar-refractivity contribution in [2.75, 3.05) is 6.54 Å². The van der Waals surface area contributed by atoms with Gasteiger partial charge in [-0.2, -0.15) is 28.6 Å². The first-order chi connectivity index (χ1) is 9.43. The van der Waals surface area contributed by atoms with E-state index in [9.17, 15) is 13.2 Å². The lowest BCUT2D eigenvalue weighted by molar-refractivity contribution is -0.137. The average molecular weight is 284 g/mol. The molecule has 108 valence electrons. The molecule has 1 heterocycles. The van der Waals surface area contributed by atoms with Gasteiger partial charge in [0.15, 0.2) is 0 Å². The van der Waals surface area contributed by atoms with E-state index in [1.807, 2.05) is 6.92 Å². The summed E-state index contributed by atoms with van der Waals surface area (Å²) in [6.45, 7) is 4.25. The van der Waals surface area contributed by atoms with E-state index in [1.165, 1.54) is 6.07 Å². The molecule has 2 rings (SSSR count). The van der Waals surface area contributed by atoms with E-state index in [0.29, 0.717) is 17.8 Å². The Morgan fingerprint density at radius 2 is 2.10 bits per heavy atom. The summed E-state index contributed by atoms with van der Waals surface area (Å²) in [6, 6.07) is 3.45. The number of hydrogen-bond acceptors (Lipinski definition) is 3. The lowest BCUT2D eigenvalue weighted by Gasteiger charge is -2.19. The largest absolute Gasteiger partial charge is 0.416 e. The van der Waals surface area contributed by atoms with Crippen LogP contribution in [0.5, 0.6) is 0 Å². The highest BCUT2D eigenvalue weighted by Crippen LogP contribution is 2.32. The van der Waals surface area contributed by atoms with Gasteiger partial charge in [0.05, 0.1) is 17.8 Å². The number of aromatic amines is 1. The Labute approximate surface area is 114 Å². The molecule has 0 spiro atoms. The van der Waals surface area contributed by atoms with E-state index in [1.54, 1.807) is 13.1 Å². The maximum absolute atomic E-state index is 12.7. The topological polar surface area (TPSA) is 53.6 Å². The molecular weight excluding hydrogens is 269 g/mol. The molecule has 0 aliphatic carbocycles. The Balaban J connectivity index is 2.40. The zero-order chi connectivity index (χ0) is 14.8. The van der Waals surface area contributed by atoms with Crippen LogP contribution in [0.4, 0.5) is 13.2 Å². The van der Waals surface area contributed by atoms with Crippen LogP contribution in [0.3, 0.4) is 0 Å². The van der Waals surface area contributed by atoms with Crippen molar-refractivity contribution < 1.29 is 13.2 Å². The van der Waals surface area contributed by atoms with Gasteiger partial charge >= 0.3 is 6.18 Å². The van der Waals surface area contributed by atoms with Crippen LogP contribution in [0.1, 0.15) is 35.3 Å². The minimum Gasteiger partial charge on any atom is -0.305 e. The minimum atomic E-state index is -4.33. The molecule has 1 unspecified atom stereocenters. The summed E-state index contributed by atoms with van der Waals surface area (Å²) in [7, 11) is 0. The summed E-state index contributed by atoms with van der Waals surface area (Å²) < 4.78 is 38.0. The fraction of sp³-hybridized carbons (Fsp3) is 0.385. The van der Waals surface area contributed by atoms with Gasteiger partial charge in [-0.25, -0.2) is 0 Å². The summed E-state index contributed by atoms with van der Waals surface area (Å²) in [6.07, 6.45) is -2.77. The SMILES string of the molecule is CCNC(c1cn[nH]n1)c1ccc(C(F)(F)F)cc1C. The molecule has 1 aromatic heterocycles. The summed E-state index contributed by atoms with van der Waals surface area (Å²) in [5.74, 6) is 0. The van der Waals surface area contributed by atoms with Crippen LogP contribution in [0.2, 0.25) is 0 Å². The highest BCUT2D eigenvalue weighted by Gasteiger charge is 2.31. The number of alkyl halides is 3. The number of hydrogen-bond donors (Lipinski definition) is 2. The highest BCUT2D eigenvalue weighted by molar-refractivity contribution is 5.37. The number of halogens is 3. The number of H-pyrrole nitrogens is 1. The first kappa shape index (κ1) is 14.5. The van der Waals surface area contributed by atoms with Gasteiger partial charge < -0.3 is 5.32 Å². The normalized spacial score (nSPS) is 13.4. The number of benzene rings is 1. The van der Waals surface area contributed by atoms with Gasteiger partial charge in [-0.3, -0.25) is 0 Å². The second-order valence-electron chi connectivity index (χ2n) is 4.45. The van der Waals surface area contributed by atoms with Crippen molar-refractivity contribution in [1.29, 1.82) is 0 Å². The number of aryl methyl sites for hydroxylation is 1. The number of nitrogens with one attached hydrogen (secondary N) is 2. The van der Waals surface area contributed by atoms with Gasteiger partial charge in [-0.05, 0) is 36.7 Å². The molecule has 1 aromatic carbocycles. The van der Waals surface area contributed by atoms with Crippen LogP contribution in [0.25, 0.3) is 0 Å². The van der Waals surface area contributed by atoms with Crippen LogP contribution in [-0.2, 0) is 6.18 Å². The second kappa shape index (κ2) is 5.62. The lowest BCUT2D eigenvalue weighted by Crippen LogP contribution is -2.23. The first-order valence-corrected chi connectivity index (χ1v) is 6.20. The van der Waals surface area contributed by atoms with Crippen LogP contribution in [0, 0.1) is 6.92 Å². The van der Waals surface area contributed by atoms with Crippen molar-refractivity contribution in [1.82, 2.24) is 20.7 Å². The van der Waals surface area contributed by atoms with Gasteiger partial charge in [0.25, 0.3) is 0 Å². The maximum atomic E-state index is 12.7. The number of aromatic nitrogens is 3. The molecule has 0 aliphatic heterocycles. The van der Waals surface area contributed by atoms with Crippen LogP contribution in [0.15, 0.2) is 24.4 Å². The van der Waals surface area contributed by atoms with E-state index in [2.05, 4.69) is 20.7 Å². The van der Waals surface area contributed by atoms with Crippen molar-refractivity contribution in [3.63, 3.8) is 0 Å². The van der Waals surface area contributed by atoms with E-state index < -0.39 is 11.7 Å². The van der Waals surface area contributed by atoms with Crippen molar-refractivity contribution in [3.05, 3.63) is 46.8 Å². The molecule has 0 aliphatic rings. The molecule has 2 aromatic rings. The molecule has 0 saturated carbocycles. The summed E-state index contributed by atoms with van der Waals surface area (Å²) in [4.78, 5) is 0. The van der Waals surface area contributed by atoms with Crippen LogP contribution < -0.4 is 5.32 Å². The molecular formula is C13H15F3N4. The summed E-state index contributed by atoms with van der Waals surface area (Å²) >= 11 is 0. The Morgan fingerprint density at radius 3 is 2.60 bits per heavy atom. The molecule has 20 heavy (non-hydrogen) atoms. The van der Waals surface area contributed by atoms with Crippen LogP contribution >= 0.6 is 0 Å². The minimum absolute atomic E-state index is 0.277. The summed E-state index contributed by atoms with van der Waals surface area (Å²) in [5, 5.41) is 13.5. The van der Waals surface area contributed by atoms with Crippen molar-refractivity contribution in [3.8, 4) is 0 Å². The Hall–Kier alpha value is -1.89. The lowest BCUT2D eigenvalue weighted by atomic mass is 9.97. The molecule has 0 amide bonds. The zero-order valence-corrected chi connectivity index (χ0v) is 11.1. The van der Waals surface area contributed by atoms with Gasteiger partial charge in [0, 0.05) is 0 Å². The Morgan fingerprint density at radius 1 is 1.35 bits per heavy atom. The Kier molecular flexibility index (Phi) is 4.08. The maximum Gasteiger partial charge on any atom is 0.416 e. The molecule has 0 radical (unpaired) electrons. The fourth-order valence-electron chi connectivity index (χ4n) is 2.10. The smallest absolute Gasteiger partial charge is 0.305 e. The third-order valence-electron chi connectivity index (χ3n) is 3.05. The van der Waals surface area contributed by atoms with Gasteiger partial charge in [-0.1, -0.05) is 13.0 Å². The monoisotopic (exact) mass is 284 g/mol. The predicted octanol–water partition coefficient (Wildman–Crippen LogP) is 2.83. The van der Waals surface area contributed by atoms with Gasteiger partial charge in [0.2, 0.25) is 0 Å². The fourth-order valence-corrected chi connectivity index (χ4v) is 2.10. The van der Waals surface area contributed by atoms with Crippen molar-refractivity contribution in [2.24, 2.45) is 0 Å². The molecule has 0 saturated heterocycles. The molecule has 0 fully saturated rings. The van der Waals surface area contributed by atoms with Gasteiger partial charge in [-0.15, -0.1) is 0 Å². The predicted molar refractivity (Wildman–Crippen MR) is 68.1 cm³/mol. The third kappa shape index (κ3) is 2.98. The quantitative estimate of drug-likeness (QED) is 0.907. The van der Waals surface area contributed by atoms with Crippen molar-refractivity contribution >= 4 is 0 Å². The molecule has 2 N–H and O–H groups in total. The van der Waals surface area contributed by atoms with Crippen molar-refractivity contribution in [2.45, 2.75) is 26.1 Å². The van der Waals surface area contributed by atoms with E-state index in [0.717, 1.165) is 17.7 Å². The molecule has 7 heteroatoms. The highest BCUT2D eigenvalue weighted by atomic mass is 19.4. The van der Waals surface area contributed by atoms with E-state index >= 15 is 0 Å².